The van der Waals surface area contributed by atoms with Gasteiger partial charge in [-0.15, -0.1) is 0 Å². The third kappa shape index (κ3) is 3.18. The molecule has 0 aliphatic rings. The van der Waals surface area contributed by atoms with Crippen molar-refractivity contribution in [3.05, 3.63) is 31.3 Å². The Morgan fingerprint density at radius 1 is 1.58 bits per heavy atom. The molecule has 0 aliphatic heterocycles. The molecule has 0 radical (unpaired) electrons. The second-order valence-electron chi connectivity index (χ2n) is 3.67. The van der Waals surface area contributed by atoms with Gasteiger partial charge in [-0.3, -0.25) is 15.5 Å². The molecule has 0 bridgehead atoms. The second-order valence-corrected chi connectivity index (χ2v) is 4.90. The van der Waals surface area contributed by atoms with Crippen molar-refractivity contribution in [1.82, 2.24) is 5.43 Å². The first-order valence-electron chi connectivity index (χ1n) is 5.01. The van der Waals surface area contributed by atoms with E-state index in [-0.39, 0.29) is 26.6 Å². The van der Waals surface area contributed by atoms with Crippen molar-refractivity contribution in [2.75, 3.05) is 0 Å². The van der Waals surface area contributed by atoms with Crippen LogP contribution in [0.4, 0.5) is 5.69 Å². The van der Waals surface area contributed by atoms with Crippen molar-refractivity contribution < 1.29 is 10.0 Å². The number of nitrogens with one attached hydrogen (secondary N) is 1. The zero-order valence-electron chi connectivity index (χ0n) is 10.1. The molecule has 4 N–H and O–H groups in total. The van der Waals surface area contributed by atoms with Crippen LogP contribution in [0.15, 0.2) is 9.57 Å². The fourth-order valence-corrected chi connectivity index (χ4v) is 2.03. The molecule has 0 heterocycles. The van der Waals surface area contributed by atoms with Crippen LogP contribution in [0, 0.1) is 24.0 Å². The Kier molecular flexibility index (Phi) is 4.78. The normalized spacial score (nSPS) is 10.7. The molecule has 0 saturated carbocycles. The average molecular weight is 347 g/mol. The van der Waals surface area contributed by atoms with Crippen LogP contribution in [0.3, 0.4) is 0 Å². The van der Waals surface area contributed by atoms with Crippen LogP contribution in [-0.4, -0.2) is 21.4 Å². The maximum absolute atomic E-state index is 11.0. The van der Waals surface area contributed by atoms with Gasteiger partial charge in [0.1, 0.15) is 5.75 Å². The van der Waals surface area contributed by atoms with Crippen molar-refractivity contribution in [1.29, 1.82) is 0 Å². The number of rotatable bonds is 3. The lowest BCUT2D eigenvalue weighted by molar-refractivity contribution is -0.386. The number of phenolic OH excluding ortho intramolecular Hbond substituents is 1. The molecule has 0 unspecified atom stereocenters. The van der Waals surface area contributed by atoms with Crippen molar-refractivity contribution in [2.24, 2.45) is 10.8 Å². The zero-order valence-corrected chi connectivity index (χ0v) is 12.5. The summed E-state index contributed by atoms with van der Waals surface area (Å²) in [4.78, 5) is 10.5. The van der Waals surface area contributed by atoms with Crippen molar-refractivity contribution in [3.63, 3.8) is 0 Å². The number of benzene rings is 1. The lowest BCUT2D eigenvalue weighted by Crippen LogP contribution is -2.24. The molecular weight excluding hydrogens is 336 g/mol. The first-order valence-corrected chi connectivity index (χ1v) is 6.22. The molecule has 7 nitrogen and oxygen atoms in total. The Labute approximate surface area is 122 Å². The predicted octanol–water partition coefficient (Wildman–Crippen LogP) is 1.85. The van der Waals surface area contributed by atoms with Gasteiger partial charge in [0.2, 0.25) is 0 Å². The van der Waals surface area contributed by atoms with Gasteiger partial charge < -0.3 is 10.8 Å². The molecule has 1 aromatic carbocycles. The van der Waals surface area contributed by atoms with Crippen molar-refractivity contribution in [3.8, 4) is 5.75 Å². The Morgan fingerprint density at radius 3 is 2.63 bits per heavy atom. The predicted molar refractivity (Wildman–Crippen MR) is 79.5 cm³/mol. The van der Waals surface area contributed by atoms with Crippen LogP contribution >= 0.6 is 28.1 Å². The molecule has 0 fully saturated rings. The molecule has 9 heteroatoms. The number of nitro groups is 1. The third-order valence-corrected chi connectivity index (χ3v) is 3.52. The topological polar surface area (TPSA) is 114 Å². The summed E-state index contributed by atoms with van der Waals surface area (Å²) in [5.74, 6) is -0.130. The largest absolute Gasteiger partial charge is 0.506 e. The molecule has 1 aromatic rings. The fourth-order valence-electron chi connectivity index (χ4n) is 1.58. The van der Waals surface area contributed by atoms with Crippen molar-refractivity contribution >= 4 is 45.2 Å². The number of thiocarbonyl (C=S) groups is 1. The van der Waals surface area contributed by atoms with Gasteiger partial charge in [0.25, 0.3) is 5.69 Å². The Balaban J connectivity index is 3.44. The molecule has 0 aliphatic carbocycles. The smallest absolute Gasteiger partial charge is 0.277 e. The van der Waals surface area contributed by atoms with Gasteiger partial charge in [-0.2, -0.15) is 5.10 Å². The maximum atomic E-state index is 11.0. The number of hydrogen-bond acceptors (Lipinski definition) is 5. The van der Waals surface area contributed by atoms with E-state index in [4.69, 9.17) is 5.73 Å². The minimum Gasteiger partial charge on any atom is -0.506 e. The lowest BCUT2D eigenvalue weighted by Gasteiger charge is -2.10. The first kappa shape index (κ1) is 15.3. The van der Waals surface area contributed by atoms with E-state index in [0.717, 1.165) is 0 Å². The Morgan fingerprint density at radius 2 is 2.16 bits per heavy atom. The summed E-state index contributed by atoms with van der Waals surface area (Å²) in [7, 11) is 0. The van der Waals surface area contributed by atoms with Gasteiger partial charge >= 0.3 is 0 Å². The highest BCUT2D eigenvalue weighted by Gasteiger charge is 2.24. The van der Waals surface area contributed by atoms with Gasteiger partial charge in [0, 0.05) is 16.7 Å². The highest BCUT2D eigenvalue weighted by atomic mass is 79.9. The molecule has 102 valence electrons. The summed E-state index contributed by atoms with van der Waals surface area (Å²) < 4.78 is 0.251. The van der Waals surface area contributed by atoms with Crippen LogP contribution in [0.25, 0.3) is 0 Å². The SMILES string of the molecule is Cc1c(Br)c(O)c(C=NNC(N)=S)c(C)c1[N+](=O)[O-]. The molecular formula is C10H11BrN4O3S. The molecule has 0 atom stereocenters. The first-order chi connectivity index (χ1) is 8.77. The number of phenols is 1. The van der Waals surface area contributed by atoms with E-state index in [0.29, 0.717) is 11.1 Å². The van der Waals surface area contributed by atoms with Crippen LogP contribution in [-0.2, 0) is 0 Å². The van der Waals surface area contributed by atoms with Crippen LogP contribution in [0.1, 0.15) is 16.7 Å². The minimum atomic E-state index is -0.507. The average Bonchev–Trinajstić information content (AvgIpc) is 2.30. The molecule has 0 saturated heterocycles. The summed E-state index contributed by atoms with van der Waals surface area (Å²) in [6, 6.07) is 0. The summed E-state index contributed by atoms with van der Waals surface area (Å²) in [5, 5.41) is 24.7. The Hall–Kier alpha value is -1.74. The third-order valence-electron chi connectivity index (χ3n) is 2.46. The van der Waals surface area contributed by atoms with E-state index in [1.165, 1.54) is 13.1 Å². The number of hydrogen-bond donors (Lipinski definition) is 3. The van der Waals surface area contributed by atoms with Gasteiger partial charge in [-0.25, -0.2) is 0 Å². The van der Waals surface area contributed by atoms with Crippen LogP contribution in [0.2, 0.25) is 0 Å². The summed E-state index contributed by atoms with van der Waals surface area (Å²) in [6.45, 7) is 3.07. The van der Waals surface area contributed by atoms with Gasteiger partial charge in [-0.1, -0.05) is 0 Å². The highest BCUT2D eigenvalue weighted by molar-refractivity contribution is 9.10. The van der Waals surface area contributed by atoms with E-state index < -0.39 is 4.92 Å². The van der Waals surface area contributed by atoms with E-state index in [1.807, 2.05) is 0 Å². The van der Waals surface area contributed by atoms with Crippen LogP contribution < -0.4 is 11.2 Å². The highest BCUT2D eigenvalue weighted by Crippen LogP contribution is 2.39. The molecule has 0 amide bonds. The maximum Gasteiger partial charge on any atom is 0.277 e. The van der Waals surface area contributed by atoms with E-state index in [9.17, 15) is 15.2 Å². The van der Waals surface area contributed by atoms with E-state index >= 15 is 0 Å². The Bertz CT molecular complexity index is 589. The van der Waals surface area contributed by atoms with Crippen LogP contribution in [0.5, 0.6) is 5.75 Å². The lowest BCUT2D eigenvalue weighted by atomic mass is 10.0. The van der Waals surface area contributed by atoms with Gasteiger partial charge in [-0.05, 0) is 42.0 Å². The molecule has 1 rings (SSSR count). The number of nitro benzene ring substituents is 1. The summed E-state index contributed by atoms with van der Waals surface area (Å²) >= 11 is 7.68. The minimum absolute atomic E-state index is 0.0472. The monoisotopic (exact) mass is 346 g/mol. The van der Waals surface area contributed by atoms with E-state index in [1.54, 1.807) is 6.92 Å². The number of hydrazone groups is 1. The van der Waals surface area contributed by atoms with Gasteiger partial charge in [0.15, 0.2) is 5.11 Å². The number of aromatic hydroxyl groups is 1. The zero-order chi connectivity index (χ0) is 14.7. The quantitative estimate of drug-likeness (QED) is 0.333. The summed E-state index contributed by atoms with van der Waals surface area (Å²) in [5.41, 5.74) is 8.29. The number of halogens is 1. The summed E-state index contributed by atoms with van der Waals surface area (Å²) in [6.07, 6.45) is 1.22. The number of nitrogens with two attached hydrogens (primary N) is 1. The molecule has 0 spiro atoms. The molecule has 0 aromatic heterocycles. The standard InChI is InChI=1S/C10H11BrN4O3S/c1-4-6(3-13-14-10(12)19)9(16)7(11)5(2)8(4)15(17)18/h3,16H,1-2H3,(H3,12,14,19). The second kappa shape index (κ2) is 5.93. The fraction of sp³-hybridized carbons (Fsp3) is 0.200. The van der Waals surface area contributed by atoms with Crippen molar-refractivity contribution in [2.45, 2.75) is 13.8 Å². The van der Waals surface area contributed by atoms with E-state index in [2.05, 4.69) is 38.7 Å². The van der Waals surface area contributed by atoms with Gasteiger partial charge in [0.05, 0.1) is 15.6 Å². The molecule has 19 heavy (non-hydrogen) atoms. The number of nitrogens with zero attached hydrogens (tertiary/aromatic N) is 2.